The number of rotatable bonds is 3. The molecule has 0 unspecified atom stereocenters. The van der Waals surface area contributed by atoms with Crippen LogP contribution in [0.25, 0.3) is 0 Å². The number of nitrogens with zero attached hydrogens (tertiary/aromatic N) is 1. The van der Waals surface area contributed by atoms with Crippen molar-refractivity contribution in [1.29, 1.82) is 0 Å². The third kappa shape index (κ3) is 3.83. The molecule has 7 heteroatoms. The van der Waals surface area contributed by atoms with Gasteiger partial charge in [-0.2, -0.15) is 0 Å². The van der Waals surface area contributed by atoms with Crippen LogP contribution in [0.5, 0.6) is 5.75 Å². The van der Waals surface area contributed by atoms with Crippen molar-refractivity contribution in [3.05, 3.63) is 29.6 Å². The van der Waals surface area contributed by atoms with Crippen LogP contribution in [-0.4, -0.2) is 37.4 Å². The molecule has 1 aromatic carbocycles. The van der Waals surface area contributed by atoms with E-state index in [0.717, 1.165) is 38.3 Å². The molecule has 1 heterocycles. The topological polar surface area (TPSA) is 24.5 Å². The number of ether oxygens (including phenoxy) is 1. The van der Waals surface area contributed by atoms with Crippen LogP contribution in [0.4, 0.5) is 17.6 Å². The highest BCUT2D eigenvalue weighted by atomic mass is 19.4. The molecule has 112 valence electrons. The van der Waals surface area contributed by atoms with E-state index in [1.54, 1.807) is 0 Å². The van der Waals surface area contributed by atoms with Crippen molar-refractivity contribution in [1.82, 2.24) is 10.2 Å². The van der Waals surface area contributed by atoms with Crippen molar-refractivity contribution in [3.8, 4) is 5.75 Å². The van der Waals surface area contributed by atoms with Crippen molar-refractivity contribution >= 4 is 0 Å². The van der Waals surface area contributed by atoms with E-state index in [4.69, 9.17) is 0 Å². The Morgan fingerprint density at radius 3 is 2.45 bits per heavy atom. The number of alkyl halides is 3. The summed E-state index contributed by atoms with van der Waals surface area (Å²) in [6, 6.07) is 3.55. The van der Waals surface area contributed by atoms with Crippen LogP contribution in [-0.2, 0) is 0 Å². The molecule has 0 amide bonds. The highest BCUT2D eigenvalue weighted by molar-refractivity contribution is 5.31. The molecule has 0 radical (unpaired) electrons. The highest BCUT2D eigenvalue weighted by Gasteiger charge is 2.32. The fourth-order valence-corrected chi connectivity index (χ4v) is 2.26. The summed E-state index contributed by atoms with van der Waals surface area (Å²) in [5.41, 5.74) is 0.638. The lowest BCUT2D eigenvalue weighted by molar-refractivity contribution is -0.275. The van der Waals surface area contributed by atoms with E-state index >= 15 is 0 Å². The number of piperazine rings is 1. The lowest BCUT2D eigenvalue weighted by atomic mass is 10.1. The molecular weight excluding hydrogens is 276 g/mol. The lowest BCUT2D eigenvalue weighted by Crippen LogP contribution is -2.44. The molecule has 0 aliphatic carbocycles. The van der Waals surface area contributed by atoms with Crippen LogP contribution in [0.2, 0.25) is 0 Å². The van der Waals surface area contributed by atoms with Gasteiger partial charge in [-0.3, -0.25) is 4.90 Å². The van der Waals surface area contributed by atoms with Gasteiger partial charge in [-0.15, -0.1) is 13.2 Å². The first-order chi connectivity index (χ1) is 9.37. The predicted octanol–water partition coefficient (Wildman–Crippen LogP) is 2.69. The van der Waals surface area contributed by atoms with E-state index in [1.807, 2.05) is 6.92 Å². The molecule has 1 saturated heterocycles. The Balaban J connectivity index is 2.11. The fraction of sp³-hybridized carbons (Fsp3) is 0.538. The van der Waals surface area contributed by atoms with Crippen LogP contribution in [0.15, 0.2) is 18.2 Å². The summed E-state index contributed by atoms with van der Waals surface area (Å²) in [6.45, 7) is 5.25. The molecule has 1 aromatic rings. The maximum atomic E-state index is 13.7. The summed E-state index contributed by atoms with van der Waals surface area (Å²) in [5, 5.41) is 3.21. The molecule has 1 aliphatic rings. The van der Waals surface area contributed by atoms with E-state index < -0.39 is 17.9 Å². The second kappa shape index (κ2) is 5.97. The van der Waals surface area contributed by atoms with E-state index in [2.05, 4.69) is 15.0 Å². The van der Waals surface area contributed by atoms with Gasteiger partial charge < -0.3 is 10.1 Å². The Morgan fingerprint density at radius 1 is 1.25 bits per heavy atom. The fourth-order valence-electron chi connectivity index (χ4n) is 2.26. The minimum Gasteiger partial charge on any atom is -0.403 e. The van der Waals surface area contributed by atoms with Crippen molar-refractivity contribution in [2.24, 2.45) is 0 Å². The third-order valence-corrected chi connectivity index (χ3v) is 3.36. The Labute approximate surface area is 114 Å². The second-order valence-electron chi connectivity index (χ2n) is 4.70. The van der Waals surface area contributed by atoms with Gasteiger partial charge in [0.2, 0.25) is 0 Å². The zero-order chi connectivity index (χ0) is 14.8. The molecule has 0 saturated carbocycles. The first-order valence-corrected chi connectivity index (χ1v) is 6.37. The minimum absolute atomic E-state index is 0.0495. The Hall–Kier alpha value is -1.34. The van der Waals surface area contributed by atoms with Crippen LogP contribution >= 0.6 is 0 Å². The normalized spacial score (nSPS) is 18.9. The average Bonchev–Trinajstić information content (AvgIpc) is 2.40. The van der Waals surface area contributed by atoms with E-state index in [-0.39, 0.29) is 6.04 Å². The van der Waals surface area contributed by atoms with Gasteiger partial charge in [-0.1, -0.05) is 6.07 Å². The van der Waals surface area contributed by atoms with Gasteiger partial charge in [0.05, 0.1) is 0 Å². The lowest BCUT2D eigenvalue weighted by Gasteiger charge is -2.33. The standard InChI is InChI=1S/C13H16F4N2O/c1-9(19-6-4-18-5-7-19)10-2-3-12(11(14)8-10)20-13(15,16)17/h2-3,8-9,18H,4-7H2,1H3/t9-/m1/s1. The average molecular weight is 292 g/mol. The van der Waals surface area contributed by atoms with Crippen LogP contribution in [0.3, 0.4) is 0 Å². The molecule has 0 bridgehead atoms. The van der Waals surface area contributed by atoms with Gasteiger partial charge in [0.1, 0.15) is 0 Å². The Morgan fingerprint density at radius 2 is 1.90 bits per heavy atom. The Bertz CT molecular complexity index is 458. The van der Waals surface area contributed by atoms with E-state index in [9.17, 15) is 17.6 Å². The van der Waals surface area contributed by atoms with Crippen LogP contribution in [0, 0.1) is 5.82 Å². The Kier molecular flexibility index (Phi) is 4.49. The molecule has 2 rings (SSSR count). The minimum atomic E-state index is -4.88. The summed E-state index contributed by atoms with van der Waals surface area (Å²) in [4.78, 5) is 2.15. The first-order valence-electron chi connectivity index (χ1n) is 6.37. The smallest absolute Gasteiger partial charge is 0.403 e. The van der Waals surface area contributed by atoms with Gasteiger partial charge in [-0.25, -0.2) is 4.39 Å². The first kappa shape index (κ1) is 15.1. The molecule has 0 spiro atoms. The summed E-state index contributed by atoms with van der Waals surface area (Å²) in [5.74, 6) is -1.80. The maximum absolute atomic E-state index is 13.7. The molecule has 20 heavy (non-hydrogen) atoms. The molecule has 0 aromatic heterocycles. The zero-order valence-corrected chi connectivity index (χ0v) is 11.0. The maximum Gasteiger partial charge on any atom is 0.573 e. The monoisotopic (exact) mass is 292 g/mol. The number of benzene rings is 1. The van der Waals surface area contributed by atoms with Crippen molar-refractivity contribution in [3.63, 3.8) is 0 Å². The molecule has 1 atom stereocenters. The molecule has 1 aliphatic heterocycles. The summed E-state index contributed by atoms with van der Waals surface area (Å²) in [7, 11) is 0. The van der Waals surface area contributed by atoms with Gasteiger partial charge in [0, 0.05) is 32.2 Å². The molecule has 3 nitrogen and oxygen atoms in total. The van der Waals surface area contributed by atoms with Gasteiger partial charge in [0.15, 0.2) is 11.6 Å². The molecule has 1 N–H and O–H groups in total. The second-order valence-corrected chi connectivity index (χ2v) is 4.70. The SMILES string of the molecule is C[C@H](c1ccc(OC(F)(F)F)c(F)c1)N1CCNCC1. The third-order valence-electron chi connectivity index (χ3n) is 3.36. The van der Waals surface area contributed by atoms with Crippen molar-refractivity contribution in [2.45, 2.75) is 19.3 Å². The summed E-state index contributed by atoms with van der Waals surface area (Å²) >= 11 is 0. The van der Waals surface area contributed by atoms with Crippen LogP contribution < -0.4 is 10.1 Å². The molecular formula is C13H16F4N2O. The predicted molar refractivity (Wildman–Crippen MR) is 65.9 cm³/mol. The largest absolute Gasteiger partial charge is 0.573 e. The van der Waals surface area contributed by atoms with E-state index in [1.165, 1.54) is 6.07 Å². The number of hydrogen-bond acceptors (Lipinski definition) is 3. The van der Waals surface area contributed by atoms with Crippen molar-refractivity contribution < 1.29 is 22.3 Å². The zero-order valence-electron chi connectivity index (χ0n) is 11.0. The van der Waals surface area contributed by atoms with Gasteiger partial charge in [0.25, 0.3) is 0 Å². The number of hydrogen-bond donors (Lipinski definition) is 1. The van der Waals surface area contributed by atoms with Gasteiger partial charge in [-0.05, 0) is 24.6 Å². The summed E-state index contributed by atoms with van der Waals surface area (Å²) in [6.07, 6.45) is -4.88. The quantitative estimate of drug-likeness (QED) is 0.867. The van der Waals surface area contributed by atoms with E-state index in [0.29, 0.717) is 5.56 Å². The number of halogens is 4. The number of nitrogens with one attached hydrogen (secondary N) is 1. The van der Waals surface area contributed by atoms with Crippen LogP contribution in [0.1, 0.15) is 18.5 Å². The molecule has 1 fully saturated rings. The van der Waals surface area contributed by atoms with Crippen molar-refractivity contribution in [2.75, 3.05) is 26.2 Å². The highest BCUT2D eigenvalue weighted by Crippen LogP contribution is 2.29. The summed E-state index contributed by atoms with van der Waals surface area (Å²) < 4.78 is 53.5. The van der Waals surface area contributed by atoms with Gasteiger partial charge >= 0.3 is 6.36 Å².